The Bertz CT molecular complexity index is 1630. The Morgan fingerprint density at radius 1 is 0.500 bits per heavy atom. The molecule has 4 amide bonds. The number of thioether (sulfide) groups is 2. The first-order valence-electron chi connectivity index (χ1n) is 12.0. The molecule has 0 aliphatic carbocycles. The van der Waals surface area contributed by atoms with E-state index in [0.29, 0.717) is 32.8 Å². The van der Waals surface area contributed by atoms with Crippen LogP contribution >= 0.6 is 23.5 Å². The number of ether oxygens (including phenoxy) is 2. The van der Waals surface area contributed by atoms with Crippen molar-refractivity contribution in [2.75, 3.05) is 0 Å². The van der Waals surface area contributed by atoms with E-state index >= 15 is 0 Å². The summed E-state index contributed by atoms with van der Waals surface area (Å²) in [6.07, 6.45) is 3.32. The molecule has 10 heteroatoms. The van der Waals surface area contributed by atoms with Crippen molar-refractivity contribution in [3.05, 3.63) is 106 Å². The zero-order valence-corrected chi connectivity index (χ0v) is 22.1. The predicted molar refractivity (Wildman–Crippen MR) is 155 cm³/mol. The van der Waals surface area contributed by atoms with Crippen molar-refractivity contribution in [1.82, 2.24) is 10.6 Å². The topological polar surface area (TPSA) is 111 Å². The molecule has 196 valence electrons. The van der Waals surface area contributed by atoms with Gasteiger partial charge in [-0.1, -0.05) is 36.4 Å². The van der Waals surface area contributed by atoms with Gasteiger partial charge < -0.3 is 9.47 Å². The van der Waals surface area contributed by atoms with Crippen LogP contribution in [0.2, 0.25) is 0 Å². The van der Waals surface area contributed by atoms with Gasteiger partial charge in [-0.15, -0.1) is 0 Å². The largest absolute Gasteiger partial charge is 0.457 e. The molecule has 0 radical (unpaired) electrons. The van der Waals surface area contributed by atoms with Crippen LogP contribution in [0, 0.1) is 0 Å². The summed E-state index contributed by atoms with van der Waals surface area (Å²) in [5.41, 5.74) is 1.57. The first kappa shape index (κ1) is 25.5. The van der Waals surface area contributed by atoms with Crippen molar-refractivity contribution in [2.45, 2.75) is 0 Å². The fourth-order valence-corrected chi connectivity index (χ4v) is 5.37. The van der Waals surface area contributed by atoms with E-state index < -0.39 is 0 Å². The van der Waals surface area contributed by atoms with Crippen molar-refractivity contribution in [3.63, 3.8) is 0 Å². The Labute approximate surface area is 236 Å². The maximum absolute atomic E-state index is 11.7. The summed E-state index contributed by atoms with van der Waals surface area (Å²) in [5, 5.41) is 5.69. The molecular weight excluding hydrogens is 548 g/mol. The Morgan fingerprint density at radius 2 is 0.875 bits per heavy atom. The van der Waals surface area contributed by atoms with E-state index in [9.17, 15) is 19.2 Å². The molecule has 2 aliphatic rings. The quantitative estimate of drug-likeness (QED) is 0.238. The number of hydrogen-bond donors (Lipinski definition) is 2. The van der Waals surface area contributed by atoms with Gasteiger partial charge in [0, 0.05) is 0 Å². The molecule has 0 unspecified atom stereocenters. The molecule has 40 heavy (non-hydrogen) atoms. The second-order valence-corrected chi connectivity index (χ2v) is 10.7. The molecule has 8 nitrogen and oxygen atoms in total. The van der Waals surface area contributed by atoms with Gasteiger partial charge in [-0.25, -0.2) is 0 Å². The second kappa shape index (κ2) is 10.8. The third kappa shape index (κ3) is 5.78. The van der Waals surface area contributed by atoms with E-state index in [0.717, 1.165) is 45.4 Å². The van der Waals surface area contributed by atoms with Crippen molar-refractivity contribution in [3.8, 4) is 23.0 Å². The number of carbonyl (C=O) groups is 4. The van der Waals surface area contributed by atoms with Gasteiger partial charge in [0.2, 0.25) is 0 Å². The lowest BCUT2D eigenvalue weighted by Crippen LogP contribution is -2.17. The van der Waals surface area contributed by atoms with E-state index in [-0.39, 0.29) is 22.3 Å². The molecule has 2 fully saturated rings. The van der Waals surface area contributed by atoms with Gasteiger partial charge >= 0.3 is 0 Å². The fraction of sp³-hybridized carbons (Fsp3) is 0. The highest BCUT2D eigenvalue weighted by atomic mass is 32.2. The van der Waals surface area contributed by atoms with E-state index in [2.05, 4.69) is 10.6 Å². The highest BCUT2D eigenvalue weighted by molar-refractivity contribution is 8.18. The summed E-state index contributed by atoms with van der Waals surface area (Å²) in [6.45, 7) is 0. The monoisotopic (exact) mass is 566 g/mol. The number of imide groups is 2. The summed E-state index contributed by atoms with van der Waals surface area (Å²) in [7, 11) is 0. The molecule has 0 spiro atoms. The van der Waals surface area contributed by atoms with Crippen molar-refractivity contribution < 1.29 is 28.7 Å². The minimum absolute atomic E-state index is 0.360. The van der Waals surface area contributed by atoms with Crippen LogP contribution in [-0.4, -0.2) is 22.3 Å². The zero-order valence-electron chi connectivity index (χ0n) is 20.5. The van der Waals surface area contributed by atoms with E-state index in [1.54, 1.807) is 36.4 Å². The molecule has 4 aromatic carbocycles. The number of amides is 4. The standard InChI is InChI=1S/C30H18N2O6S2/c33-27-25(39-29(35)31-27)13-17-1-7-21(8-2-17)37-23-11-5-20-16-24(12-6-19(20)15-23)38-22-9-3-18(4-10-22)14-26-28(34)32-30(36)40-26/h1-16H,(H,31,33,35)(H,32,34,36). The Balaban J connectivity index is 1.11. The number of hydrogen-bond acceptors (Lipinski definition) is 8. The molecule has 2 N–H and O–H groups in total. The number of carbonyl (C=O) groups excluding carboxylic acids is 4. The molecule has 0 bridgehead atoms. The third-order valence-corrected chi connectivity index (χ3v) is 7.52. The Hall–Kier alpha value is -4.80. The second-order valence-electron chi connectivity index (χ2n) is 8.72. The minimum atomic E-state index is -0.388. The van der Waals surface area contributed by atoms with Crippen LogP contribution in [-0.2, 0) is 9.59 Å². The summed E-state index contributed by atoms with van der Waals surface area (Å²) in [4.78, 5) is 46.8. The van der Waals surface area contributed by atoms with Crippen LogP contribution in [0.5, 0.6) is 23.0 Å². The number of fused-ring (bicyclic) bond motifs is 1. The molecule has 2 heterocycles. The lowest BCUT2D eigenvalue weighted by Gasteiger charge is -2.10. The summed E-state index contributed by atoms with van der Waals surface area (Å²) in [5.74, 6) is 1.84. The van der Waals surface area contributed by atoms with Crippen molar-refractivity contribution in [1.29, 1.82) is 0 Å². The van der Waals surface area contributed by atoms with Gasteiger partial charge in [-0.05, 0) is 106 Å². The van der Waals surface area contributed by atoms with Crippen LogP contribution in [0.15, 0.2) is 94.7 Å². The van der Waals surface area contributed by atoms with Crippen LogP contribution in [0.25, 0.3) is 22.9 Å². The summed E-state index contributed by atoms with van der Waals surface area (Å²) < 4.78 is 12.0. The van der Waals surface area contributed by atoms with Crippen LogP contribution in [0.1, 0.15) is 11.1 Å². The van der Waals surface area contributed by atoms with Gasteiger partial charge in [0.15, 0.2) is 0 Å². The normalized spacial score (nSPS) is 17.0. The van der Waals surface area contributed by atoms with Gasteiger partial charge in [0.1, 0.15) is 23.0 Å². The summed E-state index contributed by atoms with van der Waals surface area (Å²) >= 11 is 1.76. The fourth-order valence-electron chi connectivity index (χ4n) is 4.01. The Kier molecular flexibility index (Phi) is 6.85. The van der Waals surface area contributed by atoms with E-state index in [1.807, 2.05) is 60.7 Å². The first-order chi connectivity index (χ1) is 19.4. The highest BCUT2D eigenvalue weighted by Gasteiger charge is 2.25. The van der Waals surface area contributed by atoms with Gasteiger partial charge in [-0.3, -0.25) is 29.8 Å². The van der Waals surface area contributed by atoms with Crippen LogP contribution in [0.4, 0.5) is 9.59 Å². The smallest absolute Gasteiger partial charge is 0.290 e. The van der Waals surface area contributed by atoms with Gasteiger partial charge in [0.05, 0.1) is 9.81 Å². The lowest BCUT2D eigenvalue weighted by molar-refractivity contribution is -0.116. The molecule has 2 saturated heterocycles. The van der Waals surface area contributed by atoms with Gasteiger partial charge in [0.25, 0.3) is 22.3 Å². The molecule has 2 aliphatic heterocycles. The average Bonchev–Trinajstić information content (AvgIpc) is 3.43. The molecule has 0 saturated carbocycles. The maximum atomic E-state index is 11.7. The number of benzene rings is 4. The SMILES string of the molecule is O=C1NC(=O)C(=Cc2ccc(Oc3ccc4cc(Oc5ccc(C=C6SC(=O)NC6=O)cc5)ccc4c3)cc2)S1. The molecule has 6 rings (SSSR count). The predicted octanol–water partition coefficient (Wildman–Crippen LogP) is 7.07. The zero-order chi connectivity index (χ0) is 27.6. The molecule has 4 aromatic rings. The van der Waals surface area contributed by atoms with Crippen molar-refractivity contribution >= 4 is 68.7 Å². The van der Waals surface area contributed by atoms with Crippen molar-refractivity contribution in [2.24, 2.45) is 0 Å². The van der Waals surface area contributed by atoms with Gasteiger partial charge in [-0.2, -0.15) is 0 Å². The Morgan fingerprint density at radius 3 is 1.23 bits per heavy atom. The maximum Gasteiger partial charge on any atom is 0.290 e. The molecular formula is C30H18N2O6S2. The minimum Gasteiger partial charge on any atom is -0.457 e. The van der Waals surface area contributed by atoms with E-state index in [1.165, 1.54) is 0 Å². The number of nitrogens with one attached hydrogen (secondary N) is 2. The van der Waals surface area contributed by atoms with Crippen LogP contribution in [0.3, 0.4) is 0 Å². The van der Waals surface area contributed by atoms with Crippen LogP contribution < -0.4 is 20.1 Å². The lowest BCUT2D eigenvalue weighted by atomic mass is 10.1. The average molecular weight is 567 g/mol. The number of rotatable bonds is 6. The highest BCUT2D eigenvalue weighted by Crippen LogP contribution is 2.32. The first-order valence-corrected chi connectivity index (χ1v) is 13.6. The molecule has 0 aromatic heterocycles. The third-order valence-electron chi connectivity index (χ3n) is 5.89. The molecule has 0 atom stereocenters. The summed E-state index contributed by atoms with van der Waals surface area (Å²) in [6, 6.07) is 26.0. The van der Waals surface area contributed by atoms with E-state index in [4.69, 9.17) is 9.47 Å².